The molecule has 3 aliphatic rings. The van der Waals surface area contributed by atoms with Gasteiger partial charge in [0.2, 0.25) is 15.9 Å². The zero-order chi connectivity index (χ0) is 26.5. The lowest BCUT2D eigenvalue weighted by Gasteiger charge is -2.34. The molecule has 1 heterocycles. The van der Waals surface area contributed by atoms with Crippen LogP contribution in [0.2, 0.25) is 0 Å². The van der Waals surface area contributed by atoms with E-state index in [-0.39, 0.29) is 17.3 Å². The smallest absolute Gasteiger partial charge is 0.241 e. The fourth-order valence-electron chi connectivity index (χ4n) is 5.75. The molecular weight excluding hydrogens is 498 g/mol. The standard InChI is InChI=1S/C30H37N3O4S/c1-37-27-9-4-7-23-12-13-26(18-25(23)19-27)31-20-22-14-16-33(17-15-22)30(34)21-32-38(35,36)29-11-5-8-24-6-2-3-10-28(24)29/h2-6,8-11,19,22,26,31-32H,7,12-18,20-21H2,1H3. The third-order valence-corrected chi connectivity index (χ3v) is 9.49. The first kappa shape index (κ1) is 26.7. The molecule has 0 bridgehead atoms. The second kappa shape index (κ2) is 11.8. The number of nitrogens with one attached hydrogen (secondary N) is 2. The molecular formula is C30H37N3O4S. The van der Waals surface area contributed by atoms with Gasteiger partial charge in [-0.3, -0.25) is 4.79 Å². The number of piperidine rings is 1. The molecule has 1 fully saturated rings. The number of nitrogens with zero attached hydrogens (tertiary/aromatic N) is 1. The minimum absolute atomic E-state index is 0.172. The molecule has 1 unspecified atom stereocenters. The molecule has 2 aliphatic carbocycles. The van der Waals surface area contributed by atoms with Crippen molar-refractivity contribution < 1.29 is 17.9 Å². The Kier molecular flexibility index (Phi) is 8.31. The Morgan fingerprint density at radius 3 is 2.68 bits per heavy atom. The van der Waals surface area contributed by atoms with Gasteiger partial charge >= 0.3 is 0 Å². The highest BCUT2D eigenvalue weighted by molar-refractivity contribution is 7.89. The minimum Gasteiger partial charge on any atom is -0.497 e. The summed E-state index contributed by atoms with van der Waals surface area (Å²) < 4.78 is 33.9. The van der Waals surface area contributed by atoms with Crippen molar-refractivity contribution in [1.29, 1.82) is 0 Å². The maximum Gasteiger partial charge on any atom is 0.241 e. The summed E-state index contributed by atoms with van der Waals surface area (Å²) in [6.45, 7) is 2.04. The van der Waals surface area contributed by atoms with Crippen LogP contribution in [0.25, 0.3) is 10.8 Å². The second-order valence-corrected chi connectivity index (χ2v) is 12.2. The van der Waals surface area contributed by atoms with Gasteiger partial charge in [0.15, 0.2) is 0 Å². The molecule has 1 saturated heterocycles. The van der Waals surface area contributed by atoms with Crippen LogP contribution in [-0.4, -0.2) is 58.6 Å². The minimum atomic E-state index is -3.80. The van der Waals surface area contributed by atoms with Crippen molar-refractivity contribution in [3.05, 3.63) is 77.6 Å². The van der Waals surface area contributed by atoms with Crippen molar-refractivity contribution in [1.82, 2.24) is 14.9 Å². The number of hydrogen-bond acceptors (Lipinski definition) is 5. The first-order valence-corrected chi connectivity index (χ1v) is 15.0. The average Bonchev–Trinajstić information content (AvgIpc) is 3.16. The van der Waals surface area contributed by atoms with Crippen LogP contribution in [-0.2, 0) is 19.6 Å². The van der Waals surface area contributed by atoms with E-state index in [4.69, 9.17) is 4.74 Å². The summed E-state index contributed by atoms with van der Waals surface area (Å²) in [7, 11) is -2.08. The van der Waals surface area contributed by atoms with Crippen molar-refractivity contribution in [3.8, 4) is 0 Å². The highest BCUT2D eigenvalue weighted by Gasteiger charge is 2.26. The number of ether oxygens (including phenoxy) is 1. The van der Waals surface area contributed by atoms with Gasteiger partial charge < -0.3 is 15.0 Å². The fraction of sp³-hybridized carbons (Fsp3) is 0.433. The first-order valence-electron chi connectivity index (χ1n) is 13.5. The Hall–Kier alpha value is -2.94. The van der Waals surface area contributed by atoms with Crippen LogP contribution in [0.4, 0.5) is 0 Å². The summed E-state index contributed by atoms with van der Waals surface area (Å²) in [4.78, 5) is 14.8. The Labute approximate surface area is 225 Å². The Bertz CT molecular complexity index is 1370. The molecule has 8 heteroatoms. The number of amides is 1. The number of methoxy groups -OCH3 is 1. The lowest BCUT2D eigenvalue weighted by Crippen LogP contribution is -2.46. The average molecular weight is 536 g/mol. The van der Waals surface area contributed by atoms with E-state index in [1.807, 2.05) is 24.3 Å². The van der Waals surface area contributed by atoms with Gasteiger partial charge in [-0.2, -0.15) is 0 Å². The number of carbonyl (C=O) groups is 1. The molecule has 2 aromatic carbocycles. The normalized spacial score (nSPS) is 20.7. The molecule has 0 saturated carbocycles. The van der Waals surface area contributed by atoms with Crippen molar-refractivity contribution >= 4 is 26.7 Å². The molecule has 0 radical (unpaired) electrons. The monoisotopic (exact) mass is 535 g/mol. The molecule has 0 aromatic heterocycles. The number of fused-ring (bicyclic) bond motifs is 1. The van der Waals surface area contributed by atoms with Gasteiger partial charge in [-0.1, -0.05) is 48.0 Å². The number of rotatable bonds is 8. The van der Waals surface area contributed by atoms with Crippen LogP contribution in [0.5, 0.6) is 0 Å². The van der Waals surface area contributed by atoms with E-state index >= 15 is 0 Å². The van der Waals surface area contributed by atoms with Crippen LogP contribution in [0.15, 0.2) is 82.5 Å². The summed E-state index contributed by atoms with van der Waals surface area (Å²) >= 11 is 0. The van der Waals surface area contributed by atoms with Crippen LogP contribution in [0, 0.1) is 5.92 Å². The van der Waals surface area contributed by atoms with E-state index in [9.17, 15) is 13.2 Å². The van der Waals surface area contributed by atoms with Gasteiger partial charge in [0.25, 0.3) is 0 Å². The third-order valence-electron chi connectivity index (χ3n) is 8.03. The van der Waals surface area contributed by atoms with Crippen molar-refractivity contribution in [2.45, 2.75) is 49.5 Å². The molecule has 38 heavy (non-hydrogen) atoms. The lowest BCUT2D eigenvalue weighted by atomic mass is 9.86. The summed E-state index contributed by atoms with van der Waals surface area (Å²) in [6.07, 6.45) is 12.6. The summed E-state index contributed by atoms with van der Waals surface area (Å²) in [5.41, 5.74) is 2.93. The summed E-state index contributed by atoms with van der Waals surface area (Å²) in [6, 6.07) is 13.0. The lowest BCUT2D eigenvalue weighted by molar-refractivity contribution is -0.131. The van der Waals surface area contributed by atoms with E-state index in [0.717, 1.165) is 56.2 Å². The summed E-state index contributed by atoms with van der Waals surface area (Å²) in [5, 5.41) is 5.28. The SMILES string of the molecule is COC1=CC2=C(CC=C1)CCC(NCC1CCN(C(=O)CNS(=O)(=O)c3cccc4ccccc34)CC1)C2. The van der Waals surface area contributed by atoms with Crippen LogP contribution < -0.4 is 10.0 Å². The topological polar surface area (TPSA) is 87.7 Å². The predicted octanol–water partition coefficient (Wildman–Crippen LogP) is 4.29. The van der Waals surface area contributed by atoms with Gasteiger partial charge in [0.1, 0.15) is 5.76 Å². The Balaban J connectivity index is 1.08. The van der Waals surface area contributed by atoms with E-state index in [1.54, 1.807) is 30.2 Å². The van der Waals surface area contributed by atoms with Gasteiger partial charge in [-0.15, -0.1) is 0 Å². The quantitative estimate of drug-likeness (QED) is 0.527. The van der Waals surface area contributed by atoms with Crippen LogP contribution in [0.1, 0.15) is 38.5 Å². The number of carbonyl (C=O) groups excluding carboxylic acids is 1. The number of sulfonamides is 1. The zero-order valence-corrected chi connectivity index (χ0v) is 22.8. The molecule has 0 spiro atoms. The summed E-state index contributed by atoms with van der Waals surface area (Å²) in [5.74, 6) is 1.27. The first-order chi connectivity index (χ1) is 18.4. The molecule has 1 aliphatic heterocycles. The predicted molar refractivity (Wildman–Crippen MR) is 150 cm³/mol. The Morgan fingerprint density at radius 2 is 1.87 bits per heavy atom. The van der Waals surface area contributed by atoms with Crippen molar-refractivity contribution in [3.63, 3.8) is 0 Å². The van der Waals surface area contributed by atoms with E-state index in [0.29, 0.717) is 30.4 Å². The van der Waals surface area contributed by atoms with E-state index in [1.165, 1.54) is 11.1 Å². The van der Waals surface area contributed by atoms with Crippen LogP contribution >= 0.6 is 0 Å². The third kappa shape index (κ3) is 6.20. The van der Waals surface area contributed by atoms with Crippen LogP contribution in [0.3, 0.4) is 0 Å². The van der Waals surface area contributed by atoms with Crippen molar-refractivity contribution in [2.75, 3.05) is 33.3 Å². The molecule has 2 N–H and O–H groups in total. The maximum atomic E-state index is 13.0. The highest BCUT2D eigenvalue weighted by atomic mass is 32.2. The number of allylic oxidation sites excluding steroid dienone is 4. The molecule has 2 aromatic rings. The van der Waals surface area contributed by atoms with Gasteiger partial charge in [0.05, 0.1) is 18.6 Å². The molecule has 1 amide bonds. The molecule has 1 atom stereocenters. The maximum absolute atomic E-state index is 13.0. The molecule has 202 valence electrons. The van der Waals surface area contributed by atoms with Gasteiger partial charge in [-0.05, 0) is 80.2 Å². The molecule has 7 nitrogen and oxygen atoms in total. The van der Waals surface area contributed by atoms with Gasteiger partial charge in [-0.25, -0.2) is 13.1 Å². The van der Waals surface area contributed by atoms with Gasteiger partial charge in [0, 0.05) is 24.5 Å². The molecule has 5 rings (SSSR count). The van der Waals surface area contributed by atoms with Crippen molar-refractivity contribution in [2.24, 2.45) is 5.92 Å². The number of benzene rings is 2. The second-order valence-electron chi connectivity index (χ2n) is 10.5. The van der Waals surface area contributed by atoms with E-state index in [2.05, 4.69) is 28.3 Å². The Morgan fingerprint density at radius 1 is 1.08 bits per heavy atom. The zero-order valence-electron chi connectivity index (χ0n) is 22.0. The highest BCUT2D eigenvalue weighted by Crippen LogP contribution is 2.32. The largest absolute Gasteiger partial charge is 0.497 e. The van der Waals surface area contributed by atoms with E-state index < -0.39 is 10.0 Å². The number of likely N-dealkylation sites (tertiary alicyclic amines) is 1. The number of hydrogen-bond donors (Lipinski definition) is 2. The fourth-order valence-corrected chi connectivity index (χ4v) is 6.95.